The molecule has 0 aliphatic carbocycles. The van der Waals surface area contributed by atoms with Gasteiger partial charge in [0.2, 0.25) is 0 Å². The van der Waals surface area contributed by atoms with Gasteiger partial charge >= 0.3 is 0 Å². The third-order valence-corrected chi connectivity index (χ3v) is 4.24. The Morgan fingerprint density at radius 3 is 2.36 bits per heavy atom. The second-order valence-electron chi connectivity index (χ2n) is 6.30. The maximum atomic E-state index is 12.4. The minimum atomic E-state index is -0.307. The second-order valence-corrected chi connectivity index (χ2v) is 6.30. The minimum Gasteiger partial charge on any atom is -0.352 e. The molecule has 0 fully saturated rings. The average Bonchev–Trinajstić information content (AvgIpc) is 2.60. The van der Waals surface area contributed by atoms with E-state index in [1.54, 1.807) is 6.08 Å². The number of hydrogen-bond acceptors (Lipinski definition) is 2. The van der Waals surface area contributed by atoms with E-state index in [-0.39, 0.29) is 17.3 Å². The van der Waals surface area contributed by atoms with Crippen LogP contribution in [0.1, 0.15) is 35.6 Å². The molecule has 2 aromatic carbocycles. The average molecular weight is 335 g/mol. The summed E-state index contributed by atoms with van der Waals surface area (Å²) in [5, 5.41) is 2.85. The largest absolute Gasteiger partial charge is 0.352 e. The van der Waals surface area contributed by atoms with Crippen molar-refractivity contribution in [3.63, 3.8) is 0 Å². The molecule has 0 radical (unpaired) electrons. The first-order valence-electron chi connectivity index (χ1n) is 8.59. The zero-order valence-electron chi connectivity index (χ0n) is 15.1. The van der Waals surface area contributed by atoms with Crippen LogP contribution in [0.5, 0.6) is 0 Å². The molecule has 1 amide bonds. The molecule has 2 rings (SSSR count). The standard InChI is InChI=1S/C22H25NO2/c1-16-11-12-20(14-17(16)2)15-21(18(3)24)22(25)23-13-7-10-19-8-5-4-6-9-19/h4-6,8-9,11-12,14-15H,7,10,13H2,1-3H3,(H,23,25). The van der Waals surface area contributed by atoms with E-state index < -0.39 is 0 Å². The molecule has 0 spiro atoms. The number of rotatable bonds is 7. The maximum Gasteiger partial charge on any atom is 0.254 e. The number of benzene rings is 2. The number of ketones is 1. The number of Topliss-reactive ketones (excluding diaryl/α,β-unsaturated/α-hetero) is 1. The van der Waals surface area contributed by atoms with E-state index in [1.165, 1.54) is 18.1 Å². The van der Waals surface area contributed by atoms with Crippen molar-refractivity contribution < 1.29 is 9.59 Å². The molecule has 0 atom stereocenters. The third-order valence-electron chi connectivity index (χ3n) is 4.24. The van der Waals surface area contributed by atoms with Crippen LogP contribution in [0.4, 0.5) is 0 Å². The van der Waals surface area contributed by atoms with Gasteiger partial charge in [0.05, 0.1) is 5.57 Å². The Bertz CT molecular complexity index is 776. The zero-order valence-corrected chi connectivity index (χ0v) is 15.1. The quantitative estimate of drug-likeness (QED) is 0.359. The van der Waals surface area contributed by atoms with Crippen LogP contribution in [-0.2, 0) is 16.0 Å². The van der Waals surface area contributed by atoms with Gasteiger partial charge in [-0.25, -0.2) is 0 Å². The summed E-state index contributed by atoms with van der Waals surface area (Å²) in [5.74, 6) is -0.530. The first-order valence-corrected chi connectivity index (χ1v) is 8.59. The highest BCUT2D eigenvalue weighted by molar-refractivity contribution is 6.21. The number of carbonyl (C=O) groups excluding carboxylic acids is 2. The van der Waals surface area contributed by atoms with Crippen molar-refractivity contribution in [3.8, 4) is 0 Å². The number of aryl methyl sites for hydroxylation is 3. The molecule has 0 aromatic heterocycles. The highest BCUT2D eigenvalue weighted by Crippen LogP contribution is 2.14. The highest BCUT2D eigenvalue weighted by Gasteiger charge is 2.14. The van der Waals surface area contributed by atoms with Crippen LogP contribution in [0.3, 0.4) is 0 Å². The van der Waals surface area contributed by atoms with E-state index in [0.717, 1.165) is 24.0 Å². The van der Waals surface area contributed by atoms with Crippen molar-refractivity contribution in [1.82, 2.24) is 5.32 Å². The van der Waals surface area contributed by atoms with Crippen LogP contribution in [0.15, 0.2) is 54.1 Å². The molecule has 0 saturated carbocycles. The first-order chi connectivity index (χ1) is 12.0. The molecular formula is C22H25NO2. The Morgan fingerprint density at radius 2 is 1.72 bits per heavy atom. The minimum absolute atomic E-state index is 0.197. The van der Waals surface area contributed by atoms with Gasteiger partial charge in [-0.3, -0.25) is 9.59 Å². The fourth-order valence-corrected chi connectivity index (χ4v) is 2.58. The maximum absolute atomic E-state index is 12.4. The molecule has 130 valence electrons. The van der Waals surface area contributed by atoms with E-state index in [0.29, 0.717) is 6.54 Å². The first kappa shape index (κ1) is 18.7. The smallest absolute Gasteiger partial charge is 0.254 e. The summed E-state index contributed by atoms with van der Waals surface area (Å²) < 4.78 is 0. The van der Waals surface area contributed by atoms with Crippen molar-refractivity contribution in [2.45, 2.75) is 33.6 Å². The predicted molar refractivity (Wildman–Crippen MR) is 102 cm³/mol. The lowest BCUT2D eigenvalue weighted by atomic mass is 10.0. The molecule has 3 heteroatoms. The van der Waals surface area contributed by atoms with E-state index in [4.69, 9.17) is 0 Å². The molecule has 1 N–H and O–H groups in total. The third kappa shape index (κ3) is 5.71. The van der Waals surface area contributed by atoms with Crippen molar-refractivity contribution in [3.05, 3.63) is 76.4 Å². The van der Waals surface area contributed by atoms with E-state index in [1.807, 2.05) is 50.2 Å². The van der Waals surface area contributed by atoms with Crippen LogP contribution in [0.2, 0.25) is 0 Å². The Balaban J connectivity index is 1.96. The van der Waals surface area contributed by atoms with Gasteiger partial charge in [-0.05, 0) is 61.9 Å². The van der Waals surface area contributed by atoms with Gasteiger partial charge in [-0.15, -0.1) is 0 Å². The molecule has 25 heavy (non-hydrogen) atoms. The summed E-state index contributed by atoms with van der Waals surface area (Å²) in [4.78, 5) is 24.2. The van der Waals surface area contributed by atoms with E-state index in [9.17, 15) is 9.59 Å². The molecule has 0 heterocycles. The lowest BCUT2D eigenvalue weighted by Crippen LogP contribution is -2.28. The second kappa shape index (κ2) is 8.97. The van der Waals surface area contributed by atoms with Gasteiger partial charge in [0, 0.05) is 6.54 Å². The van der Waals surface area contributed by atoms with Crippen LogP contribution in [0, 0.1) is 13.8 Å². The number of nitrogens with one attached hydrogen (secondary N) is 1. The van der Waals surface area contributed by atoms with Gasteiger partial charge in [-0.1, -0.05) is 48.5 Å². The SMILES string of the molecule is CC(=O)C(=Cc1ccc(C)c(C)c1)C(=O)NCCCc1ccccc1. The molecule has 3 nitrogen and oxygen atoms in total. The summed E-state index contributed by atoms with van der Waals surface area (Å²) in [6.45, 7) is 6.03. The molecular weight excluding hydrogens is 310 g/mol. The Hall–Kier alpha value is -2.68. The molecule has 0 unspecified atom stereocenters. The normalized spacial score (nSPS) is 11.2. The summed E-state index contributed by atoms with van der Waals surface area (Å²) in [5.41, 5.74) is 4.64. The number of amides is 1. The zero-order chi connectivity index (χ0) is 18.2. The number of carbonyl (C=O) groups is 2. The topological polar surface area (TPSA) is 46.2 Å². The summed E-state index contributed by atoms with van der Waals surface area (Å²) in [7, 11) is 0. The van der Waals surface area contributed by atoms with Crippen molar-refractivity contribution in [2.75, 3.05) is 6.54 Å². The van der Waals surface area contributed by atoms with Crippen molar-refractivity contribution >= 4 is 17.8 Å². The summed E-state index contributed by atoms with van der Waals surface area (Å²) >= 11 is 0. The number of hydrogen-bond donors (Lipinski definition) is 1. The summed E-state index contributed by atoms with van der Waals surface area (Å²) in [6.07, 6.45) is 3.41. The van der Waals surface area contributed by atoms with Crippen LogP contribution < -0.4 is 5.32 Å². The molecule has 2 aromatic rings. The van der Waals surface area contributed by atoms with Gasteiger partial charge in [0.15, 0.2) is 5.78 Å². The van der Waals surface area contributed by atoms with Gasteiger partial charge < -0.3 is 5.32 Å². The van der Waals surface area contributed by atoms with E-state index in [2.05, 4.69) is 17.4 Å². The van der Waals surface area contributed by atoms with Crippen LogP contribution in [-0.4, -0.2) is 18.2 Å². The van der Waals surface area contributed by atoms with Crippen molar-refractivity contribution in [1.29, 1.82) is 0 Å². The lowest BCUT2D eigenvalue weighted by molar-refractivity contribution is -0.121. The lowest BCUT2D eigenvalue weighted by Gasteiger charge is -2.08. The van der Waals surface area contributed by atoms with E-state index >= 15 is 0 Å². The molecule has 0 saturated heterocycles. The Labute approximate surface area is 149 Å². The monoisotopic (exact) mass is 335 g/mol. The summed E-state index contributed by atoms with van der Waals surface area (Å²) in [6, 6.07) is 16.1. The Kier molecular flexibility index (Phi) is 6.70. The Morgan fingerprint density at radius 1 is 1.00 bits per heavy atom. The van der Waals surface area contributed by atoms with Gasteiger partial charge in [0.1, 0.15) is 0 Å². The van der Waals surface area contributed by atoms with Crippen LogP contribution >= 0.6 is 0 Å². The van der Waals surface area contributed by atoms with Crippen LogP contribution in [0.25, 0.3) is 6.08 Å². The fraction of sp³-hybridized carbons (Fsp3) is 0.273. The van der Waals surface area contributed by atoms with Crippen molar-refractivity contribution in [2.24, 2.45) is 0 Å². The molecule has 0 aliphatic heterocycles. The van der Waals surface area contributed by atoms with Gasteiger partial charge in [-0.2, -0.15) is 0 Å². The fourth-order valence-electron chi connectivity index (χ4n) is 2.58. The highest BCUT2D eigenvalue weighted by atomic mass is 16.2. The molecule has 0 aliphatic rings. The molecule has 0 bridgehead atoms. The predicted octanol–water partition coefficient (Wildman–Crippen LogP) is 4.02. The van der Waals surface area contributed by atoms with Gasteiger partial charge in [0.25, 0.3) is 5.91 Å².